The maximum absolute atomic E-state index is 9.99. The van der Waals surface area contributed by atoms with Gasteiger partial charge in [-0.3, -0.25) is 0 Å². The Balaban J connectivity index is 2.25. The summed E-state index contributed by atoms with van der Waals surface area (Å²) in [6.07, 6.45) is 14.2. The van der Waals surface area contributed by atoms with Crippen LogP contribution < -0.4 is 0 Å². The van der Waals surface area contributed by atoms with Gasteiger partial charge in [0.05, 0.1) is 6.20 Å². The van der Waals surface area contributed by atoms with Gasteiger partial charge in [-0.2, -0.15) is 0 Å². The normalized spacial score (nSPS) is 14.5. The first-order valence-electron chi connectivity index (χ1n) is 5.51. The molecule has 0 aliphatic carbocycles. The Morgan fingerprint density at radius 3 is 2.60 bits per heavy atom. The molecule has 82 valence electrons. The predicted octanol–water partition coefficient (Wildman–Crippen LogP) is 3.56. The van der Waals surface area contributed by atoms with Gasteiger partial charge < -0.3 is 4.90 Å². The Hall–Kier alpha value is -1.38. The molecule has 3 nitrogen and oxygen atoms in total. The molecule has 0 spiro atoms. The van der Waals surface area contributed by atoms with E-state index in [-0.39, 0.29) is 0 Å². The molecule has 15 heavy (non-hydrogen) atoms. The van der Waals surface area contributed by atoms with E-state index in [4.69, 9.17) is 0 Å². The minimum atomic E-state index is 0.856. The molecule has 0 bridgehead atoms. The summed E-state index contributed by atoms with van der Waals surface area (Å²) in [5, 5.41) is 2.74. The Morgan fingerprint density at radius 2 is 2.00 bits per heavy atom. The Morgan fingerprint density at radius 1 is 1.27 bits per heavy atom. The molecule has 0 unspecified atom stereocenters. The molecule has 0 aromatic heterocycles. The molecule has 1 aliphatic rings. The molecular formula is C12H18N2O. The van der Waals surface area contributed by atoms with Crippen LogP contribution in [0.25, 0.3) is 0 Å². The van der Waals surface area contributed by atoms with Gasteiger partial charge in [0.25, 0.3) is 0 Å². The van der Waals surface area contributed by atoms with Gasteiger partial charge in [-0.15, -0.1) is 4.91 Å². The lowest BCUT2D eigenvalue weighted by Crippen LogP contribution is -2.13. The maximum Gasteiger partial charge on any atom is 0.0788 e. The van der Waals surface area contributed by atoms with E-state index in [1.807, 2.05) is 24.6 Å². The number of nitrogens with zero attached hydrogens (tertiary/aromatic N) is 2. The molecule has 0 aromatic carbocycles. The monoisotopic (exact) mass is 206 g/mol. The molecule has 0 amide bonds. The van der Waals surface area contributed by atoms with Crippen LogP contribution in [-0.4, -0.2) is 11.4 Å². The van der Waals surface area contributed by atoms with Crippen LogP contribution in [0.2, 0.25) is 0 Å². The van der Waals surface area contributed by atoms with Crippen LogP contribution in [0.15, 0.2) is 41.5 Å². The number of nitroso groups, excluding NO2 is 1. The summed E-state index contributed by atoms with van der Waals surface area (Å²) in [6, 6.07) is 0. The highest BCUT2D eigenvalue weighted by Crippen LogP contribution is 2.10. The summed E-state index contributed by atoms with van der Waals surface area (Å²) in [7, 11) is 0. The summed E-state index contributed by atoms with van der Waals surface area (Å²) in [4.78, 5) is 12.1. The van der Waals surface area contributed by atoms with Gasteiger partial charge in [-0.25, -0.2) is 0 Å². The van der Waals surface area contributed by atoms with Crippen molar-refractivity contribution < 1.29 is 0 Å². The number of rotatable bonds is 6. The summed E-state index contributed by atoms with van der Waals surface area (Å²) in [5.74, 6) is 0. The number of hydrogen-bond donors (Lipinski definition) is 0. The van der Waals surface area contributed by atoms with Crippen LogP contribution >= 0.6 is 0 Å². The summed E-state index contributed by atoms with van der Waals surface area (Å²) >= 11 is 0. The Kier molecular flexibility index (Phi) is 5.44. The molecule has 1 heterocycles. The maximum atomic E-state index is 9.99. The average Bonchev–Trinajstić information content (AvgIpc) is 2.27. The van der Waals surface area contributed by atoms with Crippen LogP contribution in [0.3, 0.4) is 0 Å². The van der Waals surface area contributed by atoms with E-state index in [9.17, 15) is 4.91 Å². The molecule has 1 aliphatic heterocycles. The van der Waals surface area contributed by atoms with E-state index in [0.717, 1.165) is 12.1 Å². The van der Waals surface area contributed by atoms with Crippen LogP contribution in [0, 0.1) is 4.91 Å². The molecule has 0 N–H and O–H groups in total. The second kappa shape index (κ2) is 6.98. The zero-order valence-corrected chi connectivity index (χ0v) is 9.22. The first-order chi connectivity index (χ1) is 7.36. The fourth-order valence-corrected chi connectivity index (χ4v) is 1.49. The van der Waals surface area contributed by atoms with Gasteiger partial charge in [0.2, 0.25) is 0 Å². The van der Waals surface area contributed by atoms with E-state index in [1.54, 1.807) is 0 Å². The Labute approximate surface area is 91.1 Å². The molecule has 1 rings (SSSR count). The third-order valence-electron chi connectivity index (χ3n) is 2.39. The highest BCUT2D eigenvalue weighted by atomic mass is 16.2. The lowest BCUT2D eigenvalue weighted by Gasteiger charge is -2.18. The smallest absolute Gasteiger partial charge is 0.0788 e. The average molecular weight is 206 g/mol. The van der Waals surface area contributed by atoms with E-state index < -0.39 is 0 Å². The minimum absolute atomic E-state index is 0.856. The first kappa shape index (κ1) is 11.7. The highest BCUT2D eigenvalue weighted by Gasteiger charge is 1.99. The molecular weight excluding hydrogens is 188 g/mol. The quantitative estimate of drug-likeness (QED) is 0.491. The van der Waals surface area contributed by atoms with Gasteiger partial charge in [0.15, 0.2) is 0 Å². The zero-order valence-electron chi connectivity index (χ0n) is 9.22. The highest BCUT2D eigenvalue weighted by molar-refractivity contribution is 5.33. The number of allylic oxidation sites excluding steroid dienone is 3. The van der Waals surface area contributed by atoms with Crippen LogP contribution in [0.5, 0.6) is 0 Å². The van der Waals surface area contributed by atoms with Gasteiger partial charge in [-0.05, 0) is 29.3 Å². The van der Waals surface area contributed by atoms with Crippen molar-refractivity contribution >= 4 is 0 Å². The first-order valence-corrected chi connectivity index (χ1v) is 5.51. The van der Waals surface area contributed by atoms with Crippen LogP contribution in [0.4, 0.5) is 0 Å². The van der Waals surface area contributed by atoms with Gasteiger partial charge in [0, 0.05) is 18.9 Å². The van der Waals surface area contributed by atoms with Crippen LogP contribution in [-0.2, 0) is 0 Å². The standard InChI is InChI=1S/C12H18N2O/c1-2-3-4-5-8-14-9-6-12(7-10-14)11-13-15/h6-7,9-11H,2-5,8H2,1H3. The zero-order chi connectivity index (χ0) is 10.9. The van der Waals surface area contributed by atoms with Gasteiger partial charge in [-0.1, -0.05) is 26.2 Å². The second-order valence-electron chi connectivity index (χ2n) is 3.66. The summed E-state index contributed by atoms with van der Waals surface area (Å²) < 4.78 is 0. The largest absolute Gasteiger partial charge is 0.354 e. The Bertz CT molecular complexity index is 263. The molecule has 3 heteroatoms. The van der Waals surface area contributed by atoms with Crippen molar-refractivity contribution in [3.05, 3.63) is 41.2 Å². The third kappa shape index (κ3) is 4.58. The van der Waals surface area contributed by atoms with Crippen LogP contribution in [0.1, 0.15) is 32.6 Å². The SMILES string of the molecule is CCCCCCN1C=CC(=CN=O)C=C1. The van der Waals surface area contributed by atoms with E-state index in [2.05, 4.69) is 17.0 Å². The molecule has 0 atom stereocenters. The number of unbranched alkanes of at least 4 members (excludes halogenated alkanes) is 3. The van der Waals surface area contributed by atoms with E-state index in [1.165, 1.54) is 31.9 Å². The van der Waals surface area contributed by atoms with Gasteiger partial charge in [0.1, 0.15) is 0 Å². The molecule has 0 aromatic rings. The second-order valence-corrected chi connectivity index (χ2v) is 3.66. The van der Waals surface area contributed by atoms with E-state index >= 15 is 0 Å². The summed E-state index contributed by atoms with van der Waals surface area (Å²) in [6.45, 7) is 3.26. The molecule has 0 saturated heterocycles. The predicted molar refractivity (Wildman–Crippen MR) is 63.0 cm³/mol. The molecule has 0 fully saturated rings. The fraction of sp³-hybridized carbons (Fsp3) is 0.500. The van der Waals surface area contributed by atoms with Gasteiger partial charge >= 0.3 is 0 Å². The van der Waals surface area contributed by atoms with Crippen molar-refractivity contribution in [3.63, 3.8) is 0 Å². The van der Waals surface area contributed by atoms with Crippen molar-refractivity contribution in [1.29, 1.82) is 0 Å². The lowest BCUT2D eigenvalue weighted by atomic mass is 10.2. The number of hydrogen-bond acceptors (Lipinski definition) is 3. The van der Waals surface area contributed by atoms with Crippen molar-refractivity contribution in [2.75, 3.05) is 6.54 Å². The lowest BCUT2D eigenvalue weighted by molar-refractivity contribution is 0.468. The third-order valence-corrected chi connectivity index (χ3v) is 2.39. The van der Waals surface area contributed by atoms with Crippen molar-refractivity contribution in [2.45, 2.75) is 32.6 Å². The van der Waals surface area contributed by atoms with E-state index in [0.29, 0.717) is 0 Å². The van der Waals surface area contributed by atoms with Crippen molar-refractivity contribution in [2.24, 2.45) is 5.18 Å². The molecule has 0 saturated carbocycles. The van der Waals surface area contributed by atoms with Crippen molar-refractivity contribution in [1.82, 2.24) is 4.90 Å². The molecule has 0 radical (unpaired) electrons. The minimum Gasteiger partial charge on any atom is -0.354 e. The fourth-order valence-electron chi connectivity index (χ4n) is 1.49. The van der Waals surface area contributed by atoms with Crippen molar-refractivity contribution in [3.8, 4) is 0 Å². The topological polar surface area (TPSA) is 32.7 Å². The summed E-state index contributed by atoms with van der Waals surface area (Å²) in [5.41, 5.74) is 0.856.